The van der Waals surface area contributed by atoms with Gasteiger partial charge in [0.2, 0.25) is 0 Å². The number of nitrogens with zero attached hydrogens (tertiary/aromatic N) is 1. The first-order valence-corrected chi connectivity index (χ1v) is 12.0. The van der Waals surface area contributed by atoms with Crippen molar-refractivity contribution in [3.8, 4) is 0 Å². The third kappa shape index (κ3) is 7.17. The van der Waals surface area contributed by atoms with Crippen LogP contribution >= 0.6 is 0 Å². The van der Waals surface area contributed by atoms with Gasteiger partial charge in [-0.1, -0.05) is 98.8 Å². The van der Waals surface area contributed by atoms with Crippen LogP contribution < -0.4 is 0 Å². The molecule has 156 valence electrons. The molecule has 0 aromatic carbocycles. The Kier molecular flexibility index (Phi) is 10.8. The highest BCUT2D eigenvalue weighted by molar-refractivity contribution is 4.99. The smallest absolute Gasteiger partial charge is 0.0176 e. The van der Waals surface area contributed by atoms with Crippen molar-refractivity contribution in [2.75, 3.05) is 13.1 Å². The van der Waals surface area contributed by atoms with Crippen LogP contribution in [0.3, 0.4) is 0 Å². The molecule has 1 heteroatoms. The summed E-state index contributed by atoms with van der Waals surface area (Å²) in [4.78, 5) is 2.76. The number of likely N-dealkylation sites (tertiary alicyclic amines) is 1. The highest BCUT2D eigenvalue weighted by atomic mass is 15.3. The van der Waals surface area contributed by atoms with E-state index in [-0.39, 0.29) is 0 Å². The number of unbranched alkanes of at least 4 members (excludes halogenated alkanes) is 8. The summed E-state index contributed by atoms with van der Waals surface area (Å²) in [5.41, 5.74) is 0.946. The predicted molar refractivity (Wildman–Crippen MR) is 119 cm³/mol. The molecule has 1 nitrogen and oxygen atoms in total. The zero-order chi connectivity index (χ0) is 19.6. The highest BCUT2D eigenvalue weighted by Crippen LogP contribution is 2.46. The monoisotopic (exact) mass is 365 g/mol. The van der Waals surface area contributed by atoms with Crippen LogP contribution in [0.5, 0.6) is 0 Å². The first-order chi connectivity index (χ1) is 12.3. The lowest BCUT2D eigenvalue weighted by Crippen LogP contribution is -2.62. The van der Waals surface area contributed by atoms with Crippen molar-refractivity contribution >= 4 is 0 Å². The van der Waals surface area contributed by atoms with Gasteiger partial charge in [-0.25, -0.2) is 0 Å². The van der Waals surface area contributed by atoms with Gasteiger partial charge in [-0.3, -0.25) is 4.90 Å². The van der Waals surface area contributed by atoms with E-state index in [1.165, 1.54) is 90.1 Å². The Bertz CT molecular complexity index is 337. The Morgan fingerprint density at radius 1 is 0.731 bits per heavy atom. The highest BCUT2D eigenvalue weighted by Gasteiger charge is 2.46. The van der Waals surface area contributed by atoms with E-state index in [1.807, 2.05) is 0 Å². The number of hydrogen-bond acceptors (Lipinski definition) is 1. The maximum absolute atomic E-state index is 2.76. The van der Waals surface area contributed by atoms with Gasteiger partial charge in [-0.15, -0.1) is 0 Å². The number of hydrogen-bond donors (Lipinski definition) is 0. The van der Waals surface area contributed by atoms with Gasteiger partial charge in [0.25, 0.3) is 0 Å². The molecule has 1 aliphatic rings. The molecule has 0 radical (unpaired) electrons. The Hall–Kier alpha value is -0.0400. The summed E-state index contributed by atoms with van der Waals surface area (Å²) >= 11 is 0. The second-order valence-corrected chi connectivity index (χ2v) is 10.4. The summed E-state index contributed by atoms with van der Waals surface area (Å²) in [6.07, 6.45) is 17.2. The van der Waals surface area contributed by atoms with E-state index < -0.39 is 0 Å². The topological polar surface area (TPSA) is 3.24 Å². The molecule has 0 aliphatic carbocycles. The van der Waals surface area contributed by atoms with Gasteiger partial charge in [-0.05, 0) is 43.9 Å². The fourth-order valence-electron chi connectivity index (χ4n) is 4.55. The normalized spacial score (nSPS) is 17.1. The molecule has 0 atom stereocenters. The molecule has 0 amide bonds. The second kappa shape index (κ2) is 11.7. The molecule has 0 spiro atoms. The van der Waals surface area contributed by atoms with E-state index >= 15 is 0 Å². The zero-order valence-corrected chi connectivity index (χ0v) is 19.5. The molecule has 0 aromatic rings. The molecule has 0 saturated carbocycles. The molecule has 0 bridgehead atoms. The molecule has 1 fully saturated rings. The Balaban J connectivity index is 2.52. The molecule has 0 unspecified atom stereocenters. The van der Waals surface area contributed by atoms with Crippen LogP contribution in [-0.2, 0) is 0 Å². The molecule has 0 aromatic heterocycles. The lowest BCUT2D eigenvalue weighted by atomic mass is 9.65. The summed E-state index contributed by atoms with van der Waals surface area (Å²) in [6.45, 7) is 19.6. The van der Waals surface area contributed by atoms with Crippen molar-refractivity contribution in [2.45, 2.75) is 131 Å². The van der Waals surface area contributed by atoms with Crippen molar-refractivity contribution in [3.05, 3.63) is 0 Å². The van der Waals surface area contributed by atoms with E-state index in [0.717, 1.165) is 11.8 Å². The molecule has 1 heterocycles. The summed E-state index contributed by atoms with van der Waals surface area (Å²) in [5.74, 6) is 1.66. The average Bonchev–Trinajstić information content (AvgIpc) is 2.52. The second-order valence-electron chi connectivity index (χ2n) is 10.4. The van der Waals surface area contributed by atoms with Crippen molar-refractivity contribution in [1.82, 2.24) is 4.90 Å². The van der Waals surface area contributed by atoms with E-state index in [9.17, 15) is 0 Å². The zero-order valence-electron chi connectivity index (χ0n) is 19.5. The summed E-state index contributed by atoms with van der Waals surface area (Å²) in [5, 5.41) is 0. The quantitative estimate of drug-likeness (QED) is 0.265. The van der Waals surface area contributed by atoms with E-state index in [2.05, 4.69) is 53.4 Å². The maximum atomic E-state index is 2.76. The van der Waals surface area contributed by atoms with Crippen LogP contribution in [-0.4, -0.2) is 23.5 Å². The molecular weight excluding hydrogens is 314 g/mol. The van der Waals surface area contributed by atoms with E-state index in [0.29, 0.717) is 11.0 Å². The third-order valence-electron chi connectivity index (χ3n) is 7.80. The van der Waals surface area contributed by atoms with Gasteiger partial charge >= 0.3 is 0 Å². The summed E-state index contributed by atoms with van der Waals surface area (Å²) < 4.78 is 0. The van der Waals surface area contributed by atoms with Crippen molar-refractivity contribution in [3.63, 3.8) is 0 Å². The van der Waals surface area contributed by atoms with Crippen LogP contribution in [0.15, 0.2) is 0 Å². The van der Waals surface area contributed by atoms with Crippen LogP contribution in [0.2, 0.25) is 0 Å². The Labute approximate surface area is 166 Å². The van der Waals surface area contributed by atoms with Crippen LogP contribution in [0.4, 0.5) is 0 Å². The average molecular weight is 366 g/mol. The van der Waals surface area contributed by atoms with Crippen LogP contribution in [0.1, 0.15) is 126 Å². The number of rotatable bonds is 15. The largest absolute Gasteiger partial charge is 0.297 e. The predicted octanol–water partition coefficient (Wildman–Crippen LogP) is 8.08. The minimum atomic E-state index is 0.361. The van der Waals surface area contributed by atoms with Gasteiger partial charge in [0, 0.05) is 18.6 Å². The fourth-order valence-corrected chi connectivity index (χ4v) is 4.55. The minimum Gasteiger partial charge on any atom is -0.297 e. The SMILES string of the molecule is CCCCCCCC(C)(CCCCCCC)C1CN(C(C)(C)C(C)C)C1. The minimum absolute atomic E-state index is 0.361. The van der Waals surface area contributed by atoms with Gasteiger partial charge in [0.15, 0.2) is 0 Å². The van der Waals surface area contributed by atoms with Gasteiger partial charge in [0.1, 0.15) is 0 Å². The molecule has 1 saturated heterocycles. The fraction of sp³-hybridized carbons (Fsp3) is 1.00. The molecule has 26 heavy (non-hydrogen) atoms. The summed E-state index contributed by atoms with van der Waals surface area (Å²) in [6, 6.07) is 0. The van der Waals surface area contributed by atoms with Crippen LogP contribution in [0, 0.1) is 17.3 Å². The third-order valence-corrected chi connectivity index (χ3v) is 7.80. The molecule has 1 aliphatic heterocycles. The van der Waals surface area contributed by atoms with Crippen molar-refractivity contribution in [1.29, 1.82) is 0 Å². The molecular formula is C25H51N. The Morgan fingerprint density at radius 3 is 1.54 bits per heavy atom. The standard InChI is InChI=1S/C25H51N/c1-8-10-12-14-16-18-25(7,19-17-15-13-11-9-2)23-20-26(21-23)24(5,6)22(3)4/h22-23H,8-21H2,1-7H3. The van der Waals surface area contributed by atoms with Crippen molar-refractivity contribution in [2.24, 2.45) is 17.3 Å². The van der Waals surface area contributed by atoms with E-state index in [4.69, 9.17) is 0 Å². The van der Waals surface area contributed by atoms with Gasteiger partial charge in [0.05, 0.1) is 0 Å². The lowest BCUT2D eigenvalue weighted by Gasteiger charge is -2.56. The first kappa shape index (κ1) is 24.0. The summed E-state index contributed by atoms with van der Waals surface area (Å²) in [7, 11) is 0. The van der Waals surface area contributed by atoms with Gasteiger partial charge in [-0.2, -0.15) is 0 Å². The maximum Gasteiger partial charge on any atom is 0.0176 e. The Morgan fingerprint density at radius 2 is 1.15 bits per heavy atom. The van der Waals surface area contributed by atoms with E-state index in [1.54, 1.807) is 0 Å². The van der Waals surface area contributed by atoms with Crippen LogP contribution in [0.25, 0.3) is 0 Å². The molecule has 1 rings (SSSR count). The van der Waals surface area contributed by atoms with Crippen molar-refractivity contribution < 1.29 is 0 Å². The first-order valence-electron chi connectivity index (χ1n) is 12.0. The molecule has 0 N–H and O–H groups in total. The van der Waals surface area contributed by atoms with Gasteiger partial charge < -0.3 is 0 Å². The lowest BCUT2D eigenvalue weighted by molar-refractivity contribution is -0.0763.